The highest BCUT2D eigenvalue weighted by molar-refractivity contribution is 9.10. The van der Waals surface area contributed by atoms with Crippen molar-refractivity contribution in [3.63, 3.8) is 0 Å². The molecule has 24 heavy (non-hydrogen) atoms. The number of aromatic nitrogens is 2. The van der Waals surface area contributed by atoms with E-state index in [0.29, 0.717) is 16.9 Å². The lowest BCUT2D eigenvalue weighted by Gasteiger charge is -2.27. The van der Waals surface area contributed by atoms with Gasteiger partial charge in [-0.1, -0.05) is 6.07 Å². The topological polar surface area (TPSA) is 90.1 Å². The van der Waals surface area contributed by atoms with Gasteiger partial charge < -0.3 is 5.32 Å². The molecule has 1 N–H and O–H groups in total. The van der Waals surface area contributed by atoms with Crippen molar-refractivity contribution in [1.29, 1.82) is 0 Å². The summed E-state index contributed by atoms with van der Waals surface area (Å²) in [5.41, 5.74) is 1.02. The number of nitrogens with zero attached hydrogens (tertiary/aromatic N) is 3. The van der Waals surface area contributed by atoms with Gasteiger partial charge in [0.1, 0.15) is 11.6 Å². The van der Waals surface area contributed by atoms with Crippen molar-refractivity contribution in [1.82, 2.24) is 9.78 Å². The minimum atomic E-state index is -1.50. The molecule has 1 amide bonds. The third kappa shape index (κ3) is 2.58. The van der Waals surface area contributed by atoms with Crippen LogP contribution >= 0.6 is 15.9 Å². The zero-order chi connectivity index (χ0) is 17.6. The van der Waals surface area contributed by atoms with Gasteiger partial charge in [0.15, 0.2) is 0 Å². The van der Waals surface area contributed by atoms with Gasteiger partial charge in [0.05, 0.1) is 16.6 Å². The van der Waals surface area contributed by atoms with Gasteiger partial charge in [0.25, 0.3) is 0 Å². The fourth-order valence-electron chi connectivity index (χ4n) is 2.92. The smallest absolute Gasteiger partial charge is 0.301 e. The SMILES string of the molecule is CC(C)n1ncc2c1NC(=O)[C@H]([N+](=O)[O-])[C@@H]2c1ccc(F)c(Br)c1. The summed E-state index contributed by atoms with van der Waals surface area (Å²) < 4.78 is 15.3. The lowest BCUT2D eigenvalue weighted by Crippen LogP contribution is -2.44. The molecular formula is C15H14BrFN4O3. The Hall–Kier alpha value is -2.29. The summed E-state index contributed by atoms with van der Waals surface area (Å²) in [6.45, 7) is 3.78. The number of anilines is 1. The number of fused-ring (bicyclic) bond motifs is 1. The third-order valence-electron chi connectivity index (χ3n) is 4.00. The first-order valence-corrected chi connectivity index (χ1v) is 8.07. The highest BCUT2D eigenvalue weighted by atomic mass is 79.9. The first-order valence-electron chi connectivity index (χ1n) is 7.28. The Balaban J connectivity index is 2.21. The number of hydrogen-bond acceptors (Lipinski definition) is 4. The maximum Gasteiger partial charge on any atom is 0.301 e. The Morgan fingerprint density at radius 3 is 2.75 bits per heavy atom. The van der Waals surface area contributed by atoms with E-state index in [1.165, 1.54) is 24.4 Å². The van der Waals surface area contributed by atoms with E-state index >= 15 is 0 Å². The molecule has 2 heterocycles. The summed E-state index contributed by atoms with van der Waals surface area (Å²) >= 11 is 3.09. The molecule has 9 heteroatoms. The van der Waals surface area contributed by atoms with E-state index in [1.807, 2.05) is 13.8 Å². The van der Waals surface area contributed by atoms with Gasteiger partial charge in [-0.15, -0.1) is 0 Å². The van der Waals surface area contributed by atoms with E-state index in [0.717, 1.165) is 0 Å². The fourth-order valence-corrected chi connectivity index (χ4v) is 3.32. The van der Waals surface area contributed by atoms with Crippen LogP contribution in [0.3, 0.4) is 0 Å². The van der Waals surface area contributed by atoms with Gasteiger partial charge in [-0.05, 0) is 47.5 Å². The fraction of sp³-hybridized carbons (Fsp3) is 0.333. The van der Waals surface area contributed by atoms with Crippen LogP contribution in [0.2, 0.25) is 0 Å². The number of rotatable bonds is 3. The van der Waals surface area contributed by atoms with Crippen LogP contribution < -0.4 is 5.32 Å². The number of nitro groups is 1. The van der Waals surface area contributed by atoms with Crippen LogP contribution in [-0.2, 0) is 4.79 Å². The van der Waals surface area contributed by atoms with E-state index in [9.17, 15) is 19.3 Å². The van der Waals surface area contributed by atoms with Crippen molar-refractivity contribution in [2.75, 3.05) is 5.32 Å². The number of nitrogens with one attached hydrogen (secondary N) is 1. The highest BCUT2D eigenvalue weighted by Gasteiger charge is 2.47. The maximum atomic E-state index is 13.5. The molecule has 126 valence electrons. The molecule has 0 unspecified atom stereocenters. The van der Waals surface area contributed by atoms with Gasteiger partial charge in [-0.2, -0.15) is 5.10 Å². The van der Waals surface area contributed by atoms with Gasteiger partial charge in [-0.25, -0.2) is 9.07 Å². The summed E-state index contributed by atoms with van der Waals surface area (Å²) in [5, 5.41) is 18.3. The van der Waals surface area contributed by atoms with Crippen LogP contribution in [0.5, 0.6) is 0 Å². The molecule has 3 rings (SSSR count). The summed E-state index contributed by atoms with van der Waals surface area (Å²) in [4.78, 5) is 23.2. The molecule has 0 saturated carbocycles. The zero-order valence-corrected chi connectivity index (χ0v) is 14.4. The van der Waals surface area contributed by atoms with Crippen LogP contribution in [0.4, 0.5) is 10.2 Å². The van der Waals surface area contributed by atoms with Crippen molar-refractivity contribution in [2.24, 2.45) is 0 Å². The summed E-state index contributed by atoms with van der Waals surface area (Å²) in [5.74, 6) is -1.58. The molecule has 1 aliphatic rings. The van der Waals surface area contributed by atoms with E-state index in [1.54, 1.807) is 4.68 Å². The molecular weight excluding hydrogens is 383 g/mol. The van der Waals surface area contributed by atoms with Crippen molar-refractivity contribution in [3.8, 4) is 0 Å². The van der Waals surface area contributed by atoms with Crippen LogP contribution in [-0.4, -0.2) is 26.7 Å². The second-order valence-electron chi connectivity index (χ2n) is 5.86. The number of carbonyl (C=O) groups excluding carboxylic acids is 1. The molecule has 1 aromatic heterocycles. The first kappa shape index (κ1) is 16.6. The van der Waals surface area contributed by atoms with E-state index in [4.69, 9.17) is 0 Å². The molecule has 2 aromatic rings. The molecule has 0 aliphatic carbocycles. The van der Waals surface area contributed by atoms with E-state index in [-0.39, 0.29) is 10.5 Å². The standard InChI is InChI=1S/C15H14BrFN4O3/c1-7(2)20-14-9(6-18-20)12(13(21(23)24)15(22)19-14)8-3-4-11(17)10(16)5-8/h3-7,12-13H,1-2H3,(H,19,22)/t12-,13-/m1/s1. The van der Waals surface area contributed by atoms with Crippen LogP contribution in [0, 0.1) is 15.9 Å². The molecule has 2 atom stereocenters. The van der Waals surface area contributed by atoms with E-state index in [2.05, 4.69) is 26.3 Å². The Morgan fingerprint density at radius 1 is 1.46 bits per heavy atom. The summed E-state index contributed by atoms with van der Waals surface area (Å²) in [6.07, 6.45) is 1.52. The van der Waals surface area contributed by atoms with Gasteiger partial charge in [0, 0.05) is 16.5 Å². The monoisotopic (exact) mass is 396 g/mol. The van der Waals surface area contributed by atoms with Crippen LogP contribution in [0.15, 0.2) is 28.9 Å². The Kier molecular flexibility index (Phi) is 4.12. The van der Waals surface area contributed by atoms with Crippen molar-refractivity contribution in [3.05, 3.63) is 55.9 Å². The number of hydrogen-bond donors (Lipinski definition) is 1. The second kappa shape index (κ2) is 5.97. The van der Waals surface area contributed by atoms with E-state index < -0.39 is 28.6 Å². The molecule has 7 nitrogen and oxygen atoms in total. The number of carbonyl (C=O) groups is 1. The van der Waals surface area contributed by atoms with Crippen molar-refractivity contribution >= 4 is 27.7 Å². The number of benzene rings is 1. The predicted molar refractivity (Wildman–Crippen MR) is 88.0 cm³/mol. The molecule has 0 spiro atoms. The Bertz CT molecular complexity index is 836. The van der Waals surface area contributed by atoms with Gasteiger partial charge >= 0.3 is 11.9 Å². The Labute approximate surface area is 145 Å². The summed E-state index contributed by atoms with van der Waals surface area (Å²) in [7, 11) is 0. The largest absolute Gasteiger partial charge is 0.305 e. The molecule has 0 fully saturated rings. The summed E-state index contributed by atoms with van der Waals surface area (Å²) in [6, 6.07) is 2.61. The lowest BCUT2D eigenvalue weighted by atomic mass is 9.83. The second-order valence-corrected chi connectivity index (χ2v) is 6.71. The zero-order valence-electron chi connectivity index (χ0n) is 12.9. The van der Waals surface area contributed by atoms with Crippen LogP contribution in [0.25, 0.3) is 0 Å². The molecule has 1 aromatic carbocycles. The maximum absolute atomic E-state index is 13.5. The predicted octanol–water partition coefficient (Wildman–Crippen LogP) is 3.09. The number of amides is 1. The van der Waals surface area contributed by atoms with Gasteiger partial charge in [0.2, 0.25) is 0 Å². The molecule has 1 aliphatic heterocycles. The molecule has 0 radical (unpaired) electrons. The minimum absolute atomic E-state index is 0.0261. The van der Waals surface area contributed by atoms with Crippen molar-refractivity contribution in [2.45, 2.75) is 31.8 Å². The van der Waals surface area contributed by atoms with Crippen molar-refractivity contribution < 1.29 is 14.1 Å². The highest BCUT2D eigenvalue weighted by Crippen LogP contribution is 2.40. The molecule has 0 bridgehead atoms. The quantitative estimate of drug-likeness (QED) is 0.637. The van der Waals surface area contributed by atoms with Gasteiger partial charge in [-0.3, -0.25) is 14.9 Å². The number of halogens is 2. The lowest BCUT2D eigenvalue weighted by molar-refractivity contribution is -0.509. The first-order chi connectivity index (χ1) is 11.3. The Morgan fingerprint density at radius 2 is 2.17 bits per heavy atom. The van der Waals surface area contributed by atoms with Crippen LogP contribution in [0.1, 0.15) is 36.9 Å². The minimum Gasteiger partial charge on any atom is -0.305 e. The third-order valence-corrected chi connectivity index (χ3v) is 4.61. The molecule has 0 saturated heterocycles. The normalized spacial score (nSPS) is 20.0. The average molecular weight is 397 g/mol. The average Bonchev–Trinajstić information content (AvgIpc) is 2.91.